The van der Waals surface area contributed by atoms with Gasteiger partial charge in [0, 0.05) is 108 Å². The first kappa shape index (κ1) is 86.9. The number of aromatic hydroxyl groups is 1. The van der Waals surface area contributed by atoms with Gasteiger partial charge in [0.25, 0.3) is 17.7 Å². The third-order valence-corrected chi connectivity index (χ3v) is 27.6. The smallest absolute Gasteiger partial charge is 0.394 e. The van der Waals surface area contributed by atoms with Crippen LogP contribution in [0.2, 0.25) is 0 Å². The molecule has 6 heterocycles. The van der Waals surface area contributed by atoms with E-state index in [1.54, 1.807) is 78.2 Å². The van der Waals surface area contributed by atoms with E-state index in [0.29, 0.717) is 104 Å². The number of phenols is 1. The number of primary amides is 3. The molecular formula is C77H95F9N13O11PS2. The van der Waals surface area contributed by atoms with Crippen molar-refractivity contribution in [3.05, 3.63) is 171 Å². The first-order chi connectivity index (χ1) is 53.2. The quantitative estimate of drug-likeness (QED) is 0.0274. The van der Waals surface area contributed by atoms with E-state index in [-0.39, 0.29) is 104 Å². The zero-order valence-electron chi connectivity index (χ0n) is 63.4. The predicted octanol–water partition coefficient (Wildman–Crippen LogP) is 11.8. The van der Waals surface area contributed by atoms with Crippen molar-refractivity contribution < 1.29 is 89.5 Å². The van der Waals surface area contributed by atoms with Crippen LogP contribution in [0, 0.1) is 29.0 Å². The molecule has 36 heteroatoms. The Labute approximate surface area is 650 Å². The second-order valence-electron chi connectivity index (χ2n) is 29.9. The van der Waals surface area contributed by atoms with Gasteiger partial charge in [-0.1, -0.05) is 50.2 Å². The molecule has 113 heavy (non-hydrogen) atoms. The molecule has 3 amide bonds. The van der Waals surface area contributed by atoms with Gasteiger partial charge in [0.15, 0.2) is 9.84 Å². The first-order valence-electron chi connectivity index (χ1n) is 37.4. The van der Waals surface area contributed by atoms with E-state index in [1.165, 1.54) is 42.5 Å². The van der Waals surface area contributed by atoms with Crippen molar-refractivity contribution in [3.63, 3.8) is 0 Å². The summed E-state index contributed by atoms with van der Waals surface area (Å²) in [6, 6.07) is 24.7. The summed E-state index contributed by atoms with van der Waals surface area (Å²) >= 11 is 0. The van der Waals surface area contributed by atoms with E-state index in [0.717, 1.165) is 68.0 Å². The van der Waals surface area contributed by atoms with Crippen molar-refractivity contribution in [2.45, 2.75) is 194 Å². The van der Waals surface area contributed by atoms with Crippen LogP contribution < -0.4 is 22.5 Å². The number of alkyl halides is 8. The van der Waals surface area contributed by atoms with Crippen molar-refractivity contribution in [2.75, 3.05) is 58.7 Å². The molecule has 4 aromatic carbocycles. The number of piperidine rings is 1. The monoisotopic (exact) mass is 1640 g/mol. The van der Waals surface area contributed by atoms with Gasteiger partial charge < -0.3 is 31.4 Å². The maximum atomic E-state index is 14.2. The van der Waals surface area contributed by atoms with Crippen LogP contribution in [0.15, 0.2) is 119 Å². The molecule has 7 N–H and O–H groups in total. The summed E-state index contributed by atoms with van der Waals surface area (Å²) in [5.41, 5.74) is 20.3. The van der Waals surface area contributed by atoms with Gasteiger partial charge in [-0.2, -0.15) is 55.7 Å². The predicted molar refractivity (Wildman–Crippen MR) is 401 cm³/mol. The molecule has 5 aliphatic rings. The molecule has 12 rings (SSSR count). The number of aromatic nitrogens is 6. The zero-order chi connectivity index (χ0) is 82.4. The number of nitrogens with two attached hydrogens (primary N) is 3. The van der Waals surface area contributed by atoms with Gasteiger partial charge in [0.1, 0.15) is 11.6 Å². The molecule has 0 unspecified atom stereocenters. The van der Waals surface area contributed by atoms with Crippen LogP contribution in [-0.4, -0.2) is 173 Å². The van der Waals surface area contributed by atoms with Gasteiger partial charge in [-0.3, -0.25) is 47.7 Å². The minimum absolute atomic E-state index is 0.00894. The summed E-state index contributed by atoms with van der Waals surface area (Å²) in [4.78, 5) is 42.4. The minimum Gasteiger partial charge on any atom is -0.508 e. The molecule has 3 saturated heterocycles. The number of hydrogen-bond acceptors (Lipinski definition) is 18. The molecule has 2 aliphatic carbocycles. The van der Waals surface area contributed by atoms with Gasteiger partial charge in [-0.15, -0.1) is 0 Å². The number of likely N-dealkylation sites (tertiary alicyclic amines) is 3. The number of amides is 3. The lowest BCUT2D eigenvalue weighted by molar-refractivity contribution is -0.216. The maximum Gasteiger partial charge on any atom is 0.394 e. The number of nitriles is 1. The number of benzene rings is 4. The molecule has 0 radical (unpaired) electrons. The molecule has 5 fully saturated rings. The van der Waals surface area contributed by atoms with Gasteiger partial charge in [0.05, 0.1) is 103 Å². The van der Waals surface area contributed by atoms with Crippen LogP contribution >= 0.6 is 7.60 Å². The Bertz CT molecular complexity index is 4820. The molecule has 2 saturated carbocycles. The van der Waals surface area contributed by atoms with E-state index in [4.69, 9.17) is 41.5 Å². The number of nitrogens with zero attached hydrogens (tertiary/aromatic N) is 10. The van der Waals surface area contributed by atoms with E-state index in [2.05, 4.69) is 17.9 Å². The van der Waals surface area contributed by atoms with E-state index in [1.807, 2.05) is 21.4 Å². The Balaban J connectivity index is 0.000000180. The molecular weight excluding hydrogens is 1550 g/mol. The summed E-state index contributed by atoms with van der Waals surface area (Å²) in [7, 11) is -11.4. The summed E-state index contributed by atoms with van der Waals surface area (Å²) in [5.74, 6) is -8.27. The SMILES string of the molecule is CCC1(n2cc(C(N)=O)c(Cc3ccc(S(=O)(=O)C(F)F)cc3)n2)CCN(Cc2cc(O)ccc2F)CC1.CCC1(n2cc(C(N)=O)c(Cc3ccc(S(C)(=O)=O)cc3)n2)CCC(N2CC(C(F)(F)F)C2)CC1.CCOP(=O)(OCC)c1ccc(Cc2nn(C3(CC#N)CCC(N4CC(C(F)(F)F)C4)CC3)cc2C(N)=O)cc1. The van der Waals surface area contributed by atoms with Gasteiger partial charge in [-0.05, 0) is 162 Å². The number of carbonyl (C=O) groups is 3. The molecule has 7 aromatic rings. The number of carbonyl (C=O) groups excluding carboxylic acids is 3. The highest BCUT2D eigenvalue weighted by molar-refractivity contribution is 7.91. The van der Waals surface area contributed by atoms with Crippen LogP contribution in [0.1, 0.15) is 182 Å². The van der Waals surface area contributed by atoms with Crippen molar-refractivity contribution in [3.8, 4) is 11.8 Å². The van der Waals surface area contributed by atoms with Crippen LogP contribution in [0.5, 0.6) is 5.75 Å². The number of halogens is 9. The molecule has 3 aromatic heterocycles. The Morgan fingerprint density at radius 2 is 0.965 bits per heavy atom. The number of phenolic OH excluding ortho intramolecular Hbond substituents is 1. The van der Waals surface area contributed by atoms with Crippen molar-refractivity contribution in [1.29, 1.82) is 5.26 Å². The van der Waals surface area contributed by atoms with Crippen molar-refractivity contribution in [2.24, 2.45) is 29.0 Å². The normalized spacial score (nSPS) is 20.9. The standard InChI is InChI=1S/C27H35F3N5O4P.C26H29F3N4O4S.C24H31F3N4O3S/c1-3-38-40(37,39-4-2)22-7-5-19(6-8-22)15-24-23(25(32)36)18-35(33-24)26(13-14-31)11-9-21(10-12-26)34-16-20(17-34)27(28,29)30;1-2-26(9-11-32(12-10-26)15-18-14-19(34)5-8-22(18)27)33-16-21(24(30)35)23(31-33)13-17-3-6-20(7-4-17)38(36,37)25(28)29;1-3-23(10-8-18(9-11-23)30-13-17(14-30)24(25,26)27)31-15-20(22(28)32)21(29-31)12-16-4-6-19(7-5-16)35(2,33)34/h5-8,18,20-21H,3-4,9-13,15-17H2,1-2H3,(H2,32,36);3-8,14,16,25,34H,2,9-13,15H2,1H3,(H2,30,35);4-7,15,17-18H,3,8-14H2,1-2H3,(H2,28,32). The summed E-state index contributed by atoms with van der Waals surface area (Å²) in [6.45, 7) is 9.83. The van der Waals surface area contributed by atoms with E-state index >= 15 is 0 Å². The highest BCUT2D eigenvalue weighted by atomic mass is 32.2. The van der Waals surface area contributed by atoms with E-state index < -0.39 is 90.9 Å². The average molecular weight is 1640 g/mol. The highest BCUT2D eigenvalue weighted by Gasteiger charge is 2.52. The number of sulfone groups is 2. The summed E-state index contributed by atoms with van der Waals surface area (Å²) in [5, 5.41) is 33.9. The zero-order valence-corrected chi connectivity index (χ0v) is 65.9. The fourth-order valence-corrected chi connectivity index (χ4v) is 18.8. The number of rotatable bonds is 27. The Morgan fingerprint density at radius 1 is 0.593 bits per heavy atom. The second-order valence-corrected chi connectivity index (χ2v) is 35.9. The largest absolute Gasteiger partial charge is 0.508 e. The van der Waals surface area contributed by atoms with Crippen molar-refractivity contribution >= 4 is 50.3 Å². The van der Waals surface area contributed by atoms with Crippen molar-refractivity contribution in [1.82, 2.24) is 44.0 Å². The fraction of sp³-hybridized carbons (Fsp3) is 0.519. The van der Waals surface area contributed by atoms with Crippen LogP contribution in [0.4, 0.5) is 39.5 Å². The Morgan fingerprint density at radius 3 is 1.32 bits per heavy atom. The third-order valence-electron chi connectivity index (χ3n) is 22.9. The van der Waals surface area contributed by atoms with Gasteiger partial charge >= 0.3 is 25.7 Å². The maximum absolute atomic E-state index is 14.2. The molecule has 24 nitrogen and oxygen atoms in total. The molecule has 0 spiro atoms. The molecule has 0 bridgehead atoms. The lowest BCUT2D eigenvalue weighted by atomic mass is 9.76. The summed E-state index contributed by atoms with van der Waals surface area (Å²) in [6.07, 6.45) is 6.95. The second kappa shape index (κ2) is 35.3. The molecule has 3 aliphatic heterocycles. The van der Waals surface area contributed by atoms with E-state index in [9.17, 15) is 85.7 Å². The topological polar surface area (TPSA) is 340 Å². The van der Waals surface area contributed by atoms with Crippen LogP contribution in [0.3, 0.4) is 0 Å². The highest BCUT2D eigenvalue weighted by Crippen LogP contribution is 2.48. The lowest BCUT2D eigenvalue weighted by Gasteiger charge is -2.49. The lowest BCUT2D eigenvalue weighted by Crippen LogP contribution is -2.58. The third kappa shape index (κ3) is 20.1. The molecule has 0 atom stereocenters. The fourth-order valence-electron chi connectivity index (χ4n) is 15.8. The minimum atomic E-state index is -4.70. The number of hydrogen-bond donors (Lipinski definition) is 4. The first-order valence-corrected chi connectivity index (χ1v) is 42.4. The van der Waals surface area contributed by atoms with Gasteiger partial charge in [0.2, 0.25) is 9.84 Å². The Kier molecular flexibility index (Phi) is 27.2. The van der Waals surface area contributed by atoms with Crippen LogP contribution in [-0.2, 0) is 75.7 Å². The van der Waals surface area contributed by atoms with Gasteiger partial charge in [-0.25, -0.2) is 21.2 Å². The van der Waals surface area contributed by atoms with Crippen LogP contribution in [0.25, 0.3) is 0 Å². The Hall–Kier alpha value is -8.49. The molecule has 614 valence electrons. The summed E-state index contributed by atoms with van der Waals surface area (Å²) < 4.78 is 193. The average Bonchev–Trinajstić information content (AvgIpc) is 1.05.